The molecule has 3 rings (SSSR count). The van der Waals surface area contributed by atoms with Gasteiger partial charge in [0.15, 0.2) is 11.8 Å². The van der Waals surface area contributed by atoms with Crippen LogP contribution in [0.4, 0.5) is 4.79 Å². The third-order valence-corrected chi connectivity index (χ3v) is 5.44. The first-order valence-electron chi connectivity index (χ1n) is 10.5. The molecule has 2 unspecified atom stereocenters. The van der Waals surface area contributed by atoms with Crippen LogP contribution in [0.1, 0.15) is 36.1 Å². The summed E-state index contributed by atoms with van der Waals surface area (Å²) in [5.41, 5.74) is 5.01. The molecule has 1 heterocycles. The predicted octanol–water partition coefficient (Wildman–Crippen LogP) is 3.10. The summed E-state index contributed by atoms with van der Waals surface area (Å²) in [6, 6.07) is 10.4. The van der Waals surface area contributed by atoms with Crippen LogP contribution in [0.5, 0.6) is 0 Å². The molecule has 0 fully saturated rings. The van der Waals surface area contributed by atoms with Crippen molar-refractivity contribution in [3.8, 4) is 11.1 Å². The average molecular weight is 450 g/mol. The van der Waals surface area contributed by atoms with Crippen LogP contribution in [0, 0.1) is 13.8 Å². The maximum absolute atomic E-state index is 12.7. The van der Waals surface area contributed by atoms with Crippen LogP contribution < -0.4 is 10.6 Å². The number of nitrogens with one attached hydrogen (secondary N) is 2. The highest BCUT2D eigenvalue weighted by Gasteiger charge is 2.35. The van der Waals surface area contributed by atoms with Gasteiger partial charge in [-0.15, -0.1) is 0 Å². The first kappa shape index (κ1) is 23.7. The van der Waals surface area contributed by atoms with Crippen molar-refractivity contribution in [2.45, 2.75) is 39.3 Å². The van der Waals surface area contributed by atoms with Gasteiger partial charge < -0.3 is 20.6 Å². The Labute approximate surface area is 192 Å². The van der Waals surface area contributed by atoms with E-state index in [-0.39, 0.29) is 6.42 Å². The number of hydrogen-bond donors (Lipinski definition) is 3. The molecule has 8 nitrogen and oxygen atoms in total. The molecule has 0 saturated heterocycles. The highest BCUT2D eigenvalue weighted by molar-refractivity contribution is 6.16. The van der Waals surface area contributed by atoms with Crippen LogP contribution in [-0.2, 0) is 14.4 Å². The minimum absolute atomic E-state index is 0.339. The molecule has 0 radical (unpaired) electrons. The molecular formula is C25H27N3O5. The second kappa shape index (κ2) is 9.68. The van der Waals surface area contributed by atoms with E-state index < -0.39 is 35.8 Å². The average Bonchev–Trinajstić information content (AvgIpc) is 2.74. The Bertz CT molecular complexity index is 1130. The first-order valence-corrected chi connectivity index (χ1v) is 10.5. The number of likely N-dealkylation sites (N-methyl/N-ethyl adjacent to an activating group) is 1. The SMILES string of the molecule is CC1=CN(C)C(=O)C(NC(=O)NC(CC(=O)O)c2cccc(-c3cc(C)cc(C)c3)c2)C1=O. The van der Waals surface area contributed by atoms with Gasteiger partial charge in [-0.1, -0.05) is 47.5 Å². The predicted molar refractivity (Wildman–Crippen MR) is 123 cm³/mol. The van der Waals surface area contributed by atoms with E-state index in [4.69, 9.17) is 0 Å². The number of carboxylic acid groups (broad SMARTS) is 1. The smallest absolute Gasteiger partial charge is 0.316 e. The minimum atomic E-state index is -1.35. The fraction of sp³-hybridized carbons (Fsp3) is 0.280. The van der Waals surface area contributed by atoms with Gasteiger partial charge in [0, 0.05) is 18.8 Å². The maximum atomic E-state index is 12.7. The van der Waals surface area contributed by atoms with Crippen LogP contribution in [0.2, 0.25) is 0 Å². The molecule has 2 atom stereocenters. The number of carbonyl (C=O) groups is 4. The number of rotatable bonds is 6. The van der Waals surface area contributed by atoms with Gasteiger partial charge in [0.1, 0.15) is 0 Å². The molecule has 2 aromatic carbocycles. The number of urea groups is 1. The van der Waals surface area contributed by atoms with E-state index in [1.165, 1.54) is 18.1 Å². The van der Waals surface area contributed by atoms with Gasteiger partial charge in [0.05, 0.1) is 12.5 Å². The van der Waals surface area contributed by atoms with E-state index in [0.717, 1.165) is 22.3 Å². The first-order chi connectivity index (χ1) is 15.5. The lowest BCUT2D eigenvalue weighted by atomic mass is 9.96. The van der Waals surface area contributed by atoms with Gasteiger partial charge in [0.25, 0.3) is 5.91 Å². The molecule has 0 saturated carbocycles. The lowest BCUT2D eigenvalue weighted by Gasteiger charge is -2.27. The van der Waals surface area contributed by atoms with Crippen LogP contribution in [0.25, 0.3) is 11.1 Å². The normalized spacial score (nSPS) is 16.8. The van der Waals surface area contributed by atoms with Crippen molar-refractivity contribution in [2.24, 2.45) is 0 Å². The van der Waals surface area contributed by atoms with Crippen molar-refractivity contribution in [1.82, 2.24) is 15.5 Å². The molecule has 3 N–H and O–H groups in total. The topological polar surface area (TPSA) is 116 Å². The van der Waals surface area contributed by atoms with Crippen LogP contribution >= 0.6 is 0 Å². The zero-order valence-corrected chi connectivity index (χ0v) is 19.0. The molecule has 8 heteroatoms. The van der Waals surface area contributed by atoms with Crippen molar-refractivity contribution >= 4 is 23.7 Å². The van der Waals surface area contributed by atoms with Crippen molar-refractivity contribution in [1.29, 1.82) is 0 Å². The Morgan fingerprint density at radius 2 is 1.70 bits per heavy atom. The number of amides is 3. The summed E-state index contributed by atoms with van der Waals surface area (Å²) < 4.78 is 0. The summed E-state index contributed by atoms with van der Waals surface area (Å²) in [4.78, 5) is 50.1. The third kappa shape index (κ3) is 5.65. The van der Waals surface area contributed by atoms with Crippen LogP contribution in [-0.4, -0.2) is 46.8 Å². The number of hydrogen-bond acceptors (Lipinski definition) is 4. The van der Waals surface area contributed by atoms with Crippen molar-refractivity contribution in [2.75, 3.05) is 7.05 Å². The van der Waals surface area contributed by atoms with Gasteiger partial charge in [-0.3, -0.25) is 14.4 Å². The Kier molecular flexibility index (Phi) is 6.96. The number of ketones is 1. The second-order valence-corrected chi connectivity index (χ2v) is 8.33. The lowest BCUT2D eigenvalue weighted by molar-refractivity contribution is -0.138. The van der Waals surface area contributed by atoms with Crippen molar-refractivity contribution < 1.29 is 24.3 Å². The number of Topliss-reactive ketones (excluding diaryl/α,β-unsaturated/α-hetero) is 1. The number of carbonyl (C=O) groups excluding carboxylic acids is 3. The molecule has 2 aromatic rings. The molecule has 172 valence electrons. The van der Waals surface area contributed by atoms with E-state index in [1.807, 2.05) is 38.1 Å². The molecule has 3 amide bonds. The van der Waals surface area contributed by atoms with E-state index in [2.05, 4.69) is 16.7 Å². The number of nitrogens with zero attached hydrogens (tertiary/aromatic N) is 1. The van der Waals surface area contributed by atoms with E-state index in [9.17, 15) is 24.3 Å². The zero-order valence-electron chi connectivity index (χ0n) is 19.0. The fourth-order valence-corrected chi connectivity index (χ4v) is 3.92. The van der Waals surface area contributed by atoms with Gasteiger partial charge >= 0.3 is 12.0 Å². The largest absolute Gasteiger partial charge is 0.481 e. The van der Waals surface area contributed by atoms with Crippen molar-refractivity contribution in [3.63, 3.8) is 0 Å². The second-order valence-electron chi connectivity index (χ2n) is 8.33. The summed E-state index contributed by atoms with van der Waals surface area (Å²) in [5.74, 6) is -2.16. The van der Waals surface area contributed by atoms with Gasteiger partial charge in [-0.25, -0.2) is 4.79 Å². The van der Waals surface area contributed by atoms with Crippen molar-refractivity contribution in [3.05, 3.63) is 70.9 Å². The Morgan fingerprint density at radius 1 is 1.03 bits per heavy atom. The molecule has 1 aliphatic rings. The Balaban J connectivity index is 1.84. The van der Waals surface area contributed by atoms with E-state index in [1.54, 1.807) is 19.1 Å². The number of aliphatic carboxylic acids is 1. The summed E-state index contributed by atoms with van der Waals surface area (Å²) in [5, 5.41) is 14.4. The minimum Gasteiger partial charge on any atom is -0.481 e. The molecular weight excluding hydrogens is 422 g/mol. The van der Waals surface area contributed by atoms with Crippen LogP contribution in [0.15, 0.2) is 54.2 Å². The van der Waals surface area contributed by atoms with Gasteiger partial charge in [-0.05, 0) is 43.5 Å². The van der Waals surface area contributed by atoms with Gasteiger partial charge in [-0.2, -0.15) is 0 Å². The highest BCUT2D eigenvalue weighted by atomic mass is 16.4. The summed E-state index contributed by atoms with van der Waals surface area (Å²) in [7, 11) is 1.50. The Morgan fingerprint density at radius 3 is 2.33 bits per heavy atom. The van der Waals surface area contributed by atoms with Gasteiger partial charge in [0.2, 0.25) is 0 Å². The maximum Gasteiger partial charge on any atom is 0.316 e. The molecule has 0 aromatic heterocycles. The molecule has 0 bridgehead atoms. The van der Waals surface area contributed by atoms with E-state index >= 15 is 0 Å². The molecule has 0 aliphatic carbocycles. The molecule has 0 spiro atoms. The summed E-state index contributed by atoms with van der Waals surface area (Å²) in [6.07, 6.45) is 1.04. The number of aryl methyl sites for hydroxylation is 2. The highest BCUT2D eigenvalue weighted by Crippen LogP contribution is 2.26. The number of carboxylic acids is 1. The summed E-state index contributed by atoms with van der Waals surface area (Å²) >= 11 is 0. The standard InChI is InChI=1S/C25H27N3O5/c1-14-8-15(2)10-19(9-14)17-6-5-7-18(11-17)20(12-21(29)30)26-25(33)27-22-23(31)16(3)13-28(4)24(22)32/h5-11,13,20,22H,12H2,1-4H3,(H,29,30)(H2,26,27,33). The quantitative estimate of drug-likeness (QED) is 0.586. The lowest BCUT2D eigenvalue weighted by Crippen LogP contribution is -2.56. The third-order valence-electron chi connectivity index (χ3n) is 5.44. The molecule has 33 heavy (non-hydrogen) atoms. The summed E-state index contributed by atoms with van der Waals surface area (Å²) in [6.45, 7) is 5.56. The monoisotopic (exact) mass is 449 g/mol. The van der Waals surface area contributed by atoms with Crippen LogP contribution in [0.3, 0.4) is 0 Å². The zero-order chi connectivity index (χ0) is 24.3. The number of benzene rings is 2. The van der Waals surface area contributed by atoms with E-state index in [0.29, 0.717) is 11.1 Å². The molecule has 1 aliphatic heterocycles. The Hall–Kier alpha value is -3.94. The fourth-order valence-electron chi connectivity index (χ4n) is 3.92.